The van der Waals surface area contributed by atoms with Crippen LogP contribution >= 0.6 is 0 Å². The van der Waals surface area contributed by atoms with Gasteiger partial charge in [0.2, 0.25) is 0 Å². The fraction of sp³-hybridized carbons (Fsp3) is 0.714. The number of piperidine rings is 1. The van der Waals surface area contributed by atoms with Crippen LogP contribution in [0.4, 0.5) is 0 Å². The average Bonchev–Trinajstić information content (AvgIpc) is 2.72. The maximum absolute atomic E-state index is 3.67. The van der Waals surface area contributed by atoms with Crippen LogP contribution in [0, 0.1) is 5.92 Å². The van der Waals surface area contributed by atoms with E-state index in [0.29, 0.717) is 0 Å². The molecule has 0 amide bonds. The zero-order chi connectivity index (χ0) is 10.8. The van der Waals surface area contributed by atoms with Crippen molar-refractivity contribution in [3.05, 3.63) is 23.8 Å². The molecule has 88 valence electrons. The summed E-state index contributed by atoms with van der Waals surface area (Å²) < 4.78 is 0. The molecule has 0 radical (unpaired) electrons. The maximum atomic E-state index is 3.67. The Hall–Kier alpha value is -0.600. The molecule has 2 aliphatic heterocycles. The molecule has 0 aromatic heterocycles. The average molecular weight is 218 g/mol. The van der Waals surface area contributed by atoms with Crippen molar-refractivity contribution in [1.29, 1.82) is 0 Å². The van der Waals surface area contributed by atoms with Gasteiger partial charge >= 0.3 is 0 Å². The third-order valence-corrected chi connectivity index (χ3v) is 4.15. The monoisotopic (exact) mass is 218 g/mol. The number of nitrogens with one attached hydrogen (secondary N) is 1. The standard InChI is InChI=1S/C14H22N2/c1-2-5-12(6-3-1)9-16-10-13-7-4-8-15-14(13)11-16/h2,5-6,13-15H,1,3-4,7-11H2. The van der Waals surface area contributed by atoms with Gasteiger partial charge in [0.1, 0.15) is 0 Å². The molecule has 0 bridgehead atoms. The highest BCUT2D eigenvalue weighted by Gasteiger charge is 2.33. The molecule has 2 nitrogen and oxygen atoms in total. The minimum Gasteiger partial charge on any atom is -0.312 e. The molecule has 3 rings (SSSR count). The van der Waals surface area contributed by atoms with Crippen molar-refractivity contribution in [3.8, 4) is 0 Å². The first kappa shape index (κ1) is 10.5. The molecular formula is C14H22N2. The Morgan fingerprint density at radius 2 is 2.31 bits per heavy atom. The first-order valence-corrected chi connectivity index (χ1v) is 6.73. The Morgan fingerprint density at radius 3 is 3.12 bits per heavy atom. The van der Waals surface area contributed by atoms with Crippen molar-refractivity contribution in [2.45, 2.75) is 31.7 Å². The summed E-state index contributed by atoms with van der Waals surface area (Å²) in [5, 5.41) is 3.67. The number of likely N-dealkylation sites (tertiary alicyclic amines) is 1. The van der Waals surface area contributed by atoms with Crippen molar-refractivity contribution < 1.29 is 0 Å². The molecule has 2 unspecified atom stereocenters. The molecule has 0 aromatic carbocycles. The van der Waals surface area contributed by atoms with E-state index in [4.69, 9.17) is 0 Å². The van der Waals surface area contributed by atoms with E-state index < -0.39 is 0 Å². The highest BCUT2D eigenvalue weighted by atomic mass is 15.2. The quantitative estimate of drug-likeness (QED) is 0.762. The summed E-state index contributed by atoms with van der Waals surface area (Å²) in [5.74, 6) is 0.918. The van der Waals surface area contributed by atoms with Gasteiger partial charge < -0.3 is 5.32 Å². The Balaban J connectivity index is 1.57. The zero-order valence-electron chi connectivity index (χ0n) is 9.99. The highest BCUT2D eigenvalue weighted by molar-refractivity contribution is 5.24. The number of allylic oxidation sites excluding steroid dienone is 2. The Bertz CT molecular complexity index is 292. The summed E-state index contributed by atoms with van der Waals surface area (Å²) in [6, 6.07) is 0.780. The highest BCUT2D eigenvalue weighted by Crippen LogP contribution is 2.25. The van der Waals surface area contributed by atoms with Crippen molar-refractivity contribution >= 4 is 0 Å². The van der Waals surface area contributed by atoms with E-state index in [0.717, 1.165) is 12.0 Å². The van der Waals surface area contributed by atoms with Gasteiger partial charge in [0.15, 0.2) is 0 Å². The summed E-state index contributed by atoms with van der Waals surface area (Å²) in [7, 11) is 0. The van der Waals surface area contributed by atoms with Crippen LogP contribution < -0.4 is 5.32 Å². The van der Waals surface area contributed by atoms with Crippen molar-refractivity contribution in [2.24, 2.45) is 5.92 Å². The predicted molar refractivity (Wildman–Crippen MR) is 67.4 cm³/mol. The molecule has 16 heavy (non-hydrogen) atoms. The third kappa shape index (κ3) is 2.23. The fourth-order valence-electron chi connectivity index (χ4n) is 3.31. The topological polar surface area (TPSA) is 15.3 Å². The summed E-state index contributed by atoms with van der Waals surface area (Å²) in [5.41, 5.74) is 1.53. The Kier molecular flexibility index (Phi) is 3.11. The predicted octanol–water partition coefficient (Wildman–Crippen LogP) is 1.95. The minimum atomic E-state index is 0.780. The van der Waals surface area contributed by atoms with E-state index in [1.54, 1.807) is 0 Å². The molecule has 3 aliphatic rings. The molecule has 0 spiro atoms. The first-order valence-electron chi connectivity index (χ1n) is 6.73. The number of fused-ring (bicyclic) bond motifs is 1. The van der Waals surface area contributed by atoms with Gasteiger partial charge in [-0.25, -0.2) is 0 Å². The number of nitrogens with zero attached hydrogens (tertiary/aromatic N) is 1. The number of hydrogen-bond acceptors (Lipinski definition) is 2. The maximum Gasteiger partial charge on any atom is 0.0235 e. The molecular weight excluding hydrogens is 196 g/mol. The third-order valence-electron chi connectivity index (χ3n) is 4.15. The lowest BCUT2D eigenvalue weighted by atomic mass is 9.94. The molecule has 1 aliphatic carbocycles. The van der Waals surface area contributed by atoms with Gasteiger partial charge in [-0.3, -0.25) is 4.90 Å². The van der Waals surface area contributed by atoms with E-state index in [1.807, 2.05) is 0 Å². The van der Waals surface area contributed by atoms with Crippen molar-refractivity contribution in [2.75, 3.05) is 26.2 Å². The van der Waals surface area contributed by atoms with Crippen molar-refractivity contribution in [1.82, 2.24) is 10.2 Å². The molecule has 0 saturated carbocycles. The molecule has 1 N–H and O–H groups in total. The largest absolute Gasteiger partial charge is 0.312 e. The molecule has 0 aromatic rings. The van der Waals surface area contributed by atoms with Crippen LogP contribution in [-0.2, 0) is 0 Å². The van der Waals surface area contributed by atoms with E-state index in [2.05, 4.69) is 28.4 Å². The Morgan fingerprint density at radius 1 is 1.31 bits per heavy atom. The summed E-state index contributed by atoms with van der Waals surface area (Å²) in [6.45, 7) is 4.97. The first-order chi connectivity index (χ1) is 7.92. The second kappa shape index (κ2) is 4.72. The summed E-state index contributed by atoms with van der Waals surface area (Å²) in [6.07, 6.45) is 12.3. The molecule has 2 atom stereocenters. The molecule has 2 heterocycles. The lowest BCUT2D eigenvalue weighted by molar-refractivity contribution is 0.334. The van der Waals surface area contributed by atoms with Gasteiger partial charge in [-0.1, -0.05) is 18.2 Å². The molecule has 2 heteroatoms. The van der Waals surface area contributed by atoms with Crippen molar-refractivity contribution in [3.63, 3.8) is 0 Å². The van der Waals surface area contributed by atoms with E-state index in [9.17, 15) is 0 Å². The van der Waals surface area contributed by atoms with E-state index in [1.165, 1.54) is 57.4 Å². The van der Waals surface area contributed by atoms with Crippen LogP contribution in [0.15, 0.2) is 23.8 Å². The zero-order valence-corrected chi connectivity index (χ0v) is 9.99. The van der Waals surface area contributed by atoms with Crippen LogP contribution in [0.2, 0.25) is 0 Å². The second-order valence-corrected chi connectivity index (χ2v) is 5.42. The van der Waals surface area contributed by atoms with Crippen LogP contribution in [-0.4, -0.2) is 37.1 Å². The minimum absolute atomic E-state index is 0.780. The van der Waals surface area contributed by atoms with Gasteiger partial charge in [0.05, 0.1) is 0 Å². The van der Waals surface area contributed by atoms with E-state index in [-0.39, 0.29) is 0 Å². The van der Waals surface area contributed by atoms with Gasteiger partial charge in [0.25, 0.3) is 0 Å². The normalized spacial score (nSPS) is 34.9. The van der Waals surface area contributed by atoms with Gasteiger partial charge in [-0.2, -0.15) is 0 Å². The smallest absolute Gasteiger partial charge is 0.0235 e. The second-order valence-electron chi connectivity index (χ2n) is 5.42. The SMILES string of the molecule is C1=CC(CN2CC3CCCNC3C2)=CCC1. The van der Waals surface area contributed by atoms with Crippen LogP contribution in [0.3, 0.4) is 0 Å². The van der Waals surface area contributed by atoms with Gasteiger partial charge in [-0.15, -0.1) is 0 Å². The summed E-state index contributed by atoms with van der Waals surface area (Å²) in [4.78, 5) is 2.63. The lowest BCUT2D eigenvalue weighted by Crippen LogP contribution is -2.40. The lowest BCUT2D eigenvalue weighted by Gasteiger charge is -2.24. The number of hydrogen-bond donors (Lipinski definition) is 1. The van der Waals surface area contributed by atoms with E-state index >= 15 is 0 Å². The van der Waals surface area contributed by atoms with Crippen LogP contribution in [0.25, 0.3) is 0 Å². The van der Waals surface area contributed by atoms with Gasteiger partial charge in [-0.05, 0) is 43.7 Å². The summed E-state index contributed by atoms with van der Waals surface area (Å²) >= 11 is 0. The molecule has 2 saturated heterocycles. The molecule has 2 fully saturated rings. The van der Waals surface area contributed by atoms with Crippen LogP contribution in [0.1, 0.15) is 25.7 Å². The fourth-order valence-corrected chi connectivity index (χ4v) is 3.31. The van der Waals surface area contributed by atoms with Crippen LogP contribution in [0.5, 0.6) is 0 Å². The Labute approximate surface area is 98.4 Å². The van der Waals surface area contributed by atoms with Gasteiger partial charge in [0, 0.05) is 25.7 Å². The number of rotatable bonds is 2.